The summed E-state index contributed by atoms with van der Waals surface area (Å²) in [5.41, 5.74) is 11.7. The third-order valence-corrected chi connectivity index (χ3v) is 9.93. The molecule has 4 aromatic heterocycles. The molecule has 0 radical (unpaired) electrons. The lowest BCUT2D eigenvalue weighted by molar-refractivity contribution is 0.619. The molecule has 8 nitrogen and oxygen atoms in total. The first kappa shape index (κ1) is 30.1. The van der Waals surface area contributed by atoms with E-state index in [-0.39, 0.29) is 0 Å². The van der Waals surface area contributed by atoms with Gasteiger partial charge in [-0.15, -0.1) is 0 Å². The van der Waals surface area contributed by atoms with Crippen LogP contribution < -0.4 is 4.90 Å². The summed E-state index contributed by atoms with van der Waals surface area (Å²) < 4.78 is 18.2. The van der Waals surface area contributed by atoms with Crippen LogP contribution in [0.2, 0.25) is 0 Å². The number of anilines is 3. The van der Waals surface area contributed by atoms with Crippen LogP contribution in [0.3, 0.4) is 0 Å². The van der Waals surface area contributed by atoms with Gasteiger partial charge in [0.05, 0.1) is 17.8 Å². The largest absolute Gasteiger partial charge is 0.454 e. The van der Waals surface area contributed by atoms with E-state index in [0.29, 0.717) is 11.8 Å². The van der Waals surface area contributed by atoms with Gasteiger partial charge in [0.15, 0.2) is 16.7 Å². The van der Waals surface area contributed by atoms with Crippen LogP contribution in [0.25, 0.3) is 88.9 Å². The van der Waals surface area contributed by atoms with E-state index in [9.17, 15) is 0 Å². The highest BCUT2D eigenvalue weighted by molar-refractivity contribution is 6.05. The molecule has 0 spiro atoms. The maximum Gasteiger partial charge on any atom is 0.227 e. The van der Waals surface area contributed by atoms with Crippen molar-refractivity contribution in [1.29, 1.82) is 0 Å². The number of para-hydroxylation sites is 4. The van der Waals surface area contributed by atoms with E-state index in [1.54, 1.807) is 12.4 Å². The zero-order chi connectivity index (χ0) is 35.6. The maximum atomic E-state index is 6.10. The lowest BCUT2D eigenvalue weighted by Crippen LogP contribution is -2.09. The first-order chi connectivity index (χ1) is 26.7. The lowest BCUT2D eigenvalue weighted by atomic mass is 9.99. The van der Waals surface area contributed by atoms with Gasteiger partial charge in [0.1, 0.15) is 16.6 Å². The quantitative estimate of drug-likeness (QED) is 0.169. The Morgan fingerprint density at radius 3 is 1.57 bits per heavy atom. The molecule has 0 unspecified atom stereocenters. The molecular weight excluding hydrogens is 671 g/mol. The van der Waals surface area contributed by atoms with Crippen LogP contribution in [0.15, 0.2) is 177 Å². The van der Waals surface area contributed by atoms with Crippen LogP contribution in [0.5, 0.6) is 0 Å². The molecule has 0 bridgehead atoms. The molecule has 4 heterocycles. The van der Waals surface area contributed by atoms with Crippen molar-refractivity contribution in [2.24, 2.45) is 0 Å². The van der Waals surface area contributed by atoms with E-state index in [1.807, 2.05) is 48.5 Å². The zero-order valence-corrected chi connectivity index (χ0v) is 28.5. The second kappa shape index (κ2) is 12.0. The van der Waals surface area contributed by atoms with Gasteiger partial charge in [-0.3, -0.25) is 0 Å². The molecule has 7 aromatic carbocycles. The molecule has 0 aliphatic rings. The third kappa shape index (κ3) is 5.08. The highest BCUT2D eigenvalue weighted by atomic mass is 16.4. The van der Waals surface area contributed by atoms with Crippen molar-refractivity contribution in [2.75, 3.05) is 4.90 Å². The predicted octanol–water partition coefficient (Wildman–Crippen LogP) is 12.3. The molecule has 8 heteroatoms. The van der Waals surface area contributed by atoms with Crippen LogP contribution in [0.4, 0.5) is 17.1 Å². The first-order valence-corrected chi connectivity index (χ1v) is 17.6. The van der Waals surface area contributed by atoms with Gasteiger partial charge in [0, 0.05) is 33.6 Å². The summed E-state index contributed by atoms with van der Waals surface area (Å²) >= 11 is 0. The zero-order valence-electron chi connectivity index (χ0n) is 28.5. The Morgan fingerprint density at radius 2 is 0.907 bits per heavy atom. The molecule has 0 atom stereocenters. The molecule has 0 fully saturated rings. The fourth-order valence-corrected chi connectivity index (χ4v) is 7.22. The molecule has 0 saturated carbocycles. The van der Waals surface area contributed by atoms with Gasteiger partial charge < -0.3 is 18.2 Å². The van der Waals surface area contributed by atoms with E-state index in [0.717, 1.165) is 94.2 Å². The van der Waals surface area contributed by atoms with E-state index in [4.69, 9.17) is 23.2 Å². The summed E-state index contributed by atoms with van der Waals surface area (Å²) in [6.07, 6.45) is 3.40. The monoisotopic (exact) mass is 697 g/mol. The van der Waals surface area contributed by atoms with Crippen LogP contribution in [0, 0.1) is 0 Å². The van der Waals surface area contributed by atoms with E-state index < -0.39 is 0 Å². The average Bonchev–Trinajstić information content (AvgIpc) is 3.96. The number of oxazole rings is 2. The van der Waals surface area contributed by atoms with Gasteiger partial charge >= 0.3 is 0 Å². The van der Waals surface area contributed by atoms with Gasteiger partial charge in [-0.05, 0) is 125 Å². The Hall–Kier alpha value is -7.58. The molecule has 11 aromatic rings. The number of hydrogen-bond acceptors (Lipinski definition) is 8. The normalized spacial score (nSPS) is 11.7. The van der Waals surface area contributed by atoms with Crippen molar-refractivity contribution >= 4 is 72.0 Å². The summed E-state index contributed by atoms with van der Waals surface area (Å²) in [4.78, 5) is 11.7. The van der Waals surface area contributed by atoms with E-state index >= 15 is 0 Å². The van der Waals surface area contributed by atoms with Gasteiger partial charge in [-0.2, -0.15) is 10.2 Å². The van der Waals surface area contributed by atoms with Crippen molar-refractivity contribution in [3.63, 3.8) is 0 Å². The van der Waals surface area contributed by atoms with Crippen LogP contribution in [-0.2, 0) is 0 Å². The number of rotatable bonds is 6. The molecule has 0 aliphatic carbocycles. The number of furan rings is 1. The Balaban J connectivity index is 0.972. The molecule has 11 rings (SSSR count). The van der Waals surface area contributed by atoms with Gasteiger partial charge in [0.2, 0.25) is 11.8 Å². The maximum absolute atomic E-state index is 6.10. The van der Waals surface area contributed by atoms with Crippen molar-refractivity contribution < 1.29 is 13.3 Å². The fraction of sp³-hybridized carbons (Fsp3) is 0. The Labute approximate surface area is 307 Å². The van der Waals surface area contributed by atoms with Crippen molar-refractivity contribution in [1.82, 2.24) is 20.2 Å². The SMILES string of the molecule is c1ccc2oc(-c3ccc(N(c4ccc(-c5nc6ccccc6o5)cc4)c4ccc5cc(-c6ccc7c(c6)oc6cnncc67)ccc5c4)cc3)nc2c1. The van der Waals surface area contributed by atoms with E-state index in [2.05, 4.69) is 118 Å². The summed E-state index contributed by atoms with van der Waals surface area (Å²) in [5, 5.41) is 12.2. The number of aromatic nitrogens is 4. The lowest BCUT2D eigenvalue weighted by Gasteiger charge is -2.26. The number of hydrogen-bond donors (Lipinski definition) is 0. The fourth-order valence-electron chi connectivity index (χ4n) is 7.22. The summed E-state index contributed by atoms with van der Waals surface area (Å²) in [6.45, 7) is 0. The standard InChI is InChI=1S/C46H27N5O3/c1-3-7-41-39(5-1)49-45(53-41)28-11-17-34(18-12-28)51(35-19-13-29(14-20-35)46-50-40-6-2-4-8-42(40)54-46)36-21-15-31-23-30(9-10-32(31)24-36)33-16-22-37-38-26-47-48-27-44(38)52-43(37)25-33/h1-27H. The summed E-state index contributed by atoms with van der Waals surface area (Å²) in [6, 6.07) is 51.7. The Bertz CT molecular complexity index is 3000. The molecule has 54 heavy (non-hydrogen) atoms. The van der Waals surface area contributed by atoms with E-state index in [1.165, 1.54) is 0 Å². The number of nitrogens with zero attached hydrogens (tertiary/aromatic N) is 5. The predicted molar refractivity (Wildman–Crippen MR) is 213 cm³/mol. The van der Waals surface area contributed by atoms with Gasteiger partial charge in [-0.1, -0.05) is 48.5 Å². The molecular formula is C46H27N5O3. The minimum absolute atomic E-state index is 0.590. The molecule has 0 amide bonds. The minimum Gasteiger partial charge on any atom is -0.454 e. The topological polar surface area (TPSA) is 94.2 Å². The molecule has 254 valence electrons. The second-order valence-corrected chi connectivity index (χ2v) is 13.2. The van der Waals surface area contributed by atoms with Crippen molar-refractivity contribution in [3.8, 4) is 34.0 Å². The molecule has 0 aliphatic heterocycles. The Kier molecular flexibility index (Phi) is 6.69. The van der Waals surface area contributed by atoms with Crippen LogP contribution >= 0.6 is 0 Å². The van der Waals surface area contributed by atoms with Crippen LogP contribution in [-0.4, -0.2) is 20.2 Å². The van der Waals surface area contributed by atoms with Crippen LogP contribution in [0.1, 0.15) is 0 Å². The summed E-state index contributed by atoms with van der Waals surface area (Å²) in [5.74, 6) is 1.18. The molecule has 0 saturated heterocycles. The highest BCUT2D eigenvalue weighted by Crippen LogP contribution is 2.39. The second-order valence-electron chi connectivity index (χ2n) is 13.2. The number of fused-ring (bicyclic) bond motifs is 6. The van der Waals surface area contributed by atoms with Crippen molar-refractivity contribution in [3.05, 3.63) is 164 Å². The van der Waals surface area contributed by atoms with Gasteiger partial charge in [0.25, 0.3) is 0 Å². The minimum atomic E-state index is 0.590. The summed E-state index contributed by atoms with van der Waals surface area (Å²) in [7, 11) is 0. The van der Waals surface area contributed by atoms with Crippen molar-refractivity contribution in [2.45, 2.75) is 0 Å². The third-order valence-electron chi connectivity index (χ3n) is 9.93. The highest BCUT2D eigenvalue weighted by Gasteiger charge is 2.17. The Morgan fingerprint density at radius 1 is 0.370 bits per heavy atom. The number of benzene rings is 7. The smallest absolute Gasteiger partial charge is 0.227 e. The first-order valence-electron chi connectivity index (χ1n) is 17.6. The molecule has 0 N–H and O–H groups in total. The van der Waals surface area contributed by atoms with Gasteiger partial charge in [-0.25, -0.2) is 9.97 Å². The average molecular weight is 698 g/mol.